The van der Waals surface area contributed by atoms with E-state index in [1.165, 1.54) is 15.3 Å². The van der Waals surface area contributed by atoms with E-state index in [1.54, 1.807) is 23.1 Å². The summed E-state index contributed by atoms with van der Waals surface area (Å²) in [6, 6.07) is 10.6. The van der Waals surface area contributed by atoms with E-state index in [1.807, 2.05) is 12.1 Å². The molecule has 1 heterocycles. The molecule has 0 saturated heterocycles. The van der Waals surface area contributed by atoms with Gasteiger partial charge in [-0.2, -0.15) is 0 Å². The van der Waals surface area contributed by atoms with Crippen molar-refractivity contribution in [1.82, 2.24) is 5.43 Å². The molecular weight excluding hydrogens is 328 g/mol. The second-order valence-electron chi connectivity index (χ2n) is 3.95. The first-order valence-corrected chi connectivity index (χ1v) is 8.25. The van der Waals surface area contributed by atoms with Gasteiger partial charge in [-0.1, -0.05) is 12.1 Å². The maximum atomic E-state index is 5.65. The van der Waals surface area contributed by atoms with E-state index < -0.39 is 0 Å². The number of nitrogens with two attached hydrogens (primary N) is 1. The molecular formula is C13H15BrN2S2. The molecule has 0 fully saturated rings. The highest BCUT2D eigenvalue weighted by molar-refractivity contribution is 9.10. The molecule has 5 heteroatoms. The molecule has 0 aliphatic carbocycles. The first-order valence-electron chi connectivity index (χ1n) is 5.59. The fourth-order valence-corrected chi connectivity index (χ4v) is 4.02. The molecule has 0 saturated carbocycles. The zero-order chi connectivity index (χ0) is 13.0. The summed E-state index contributed by atoms with van der Waals surface area (Å²) in [7, 11) is 0. The third-order valence-electron chi connectivity index (χ3n) is 2.60. The topological polar surface area (TPSA) is 38.0 Å². The average molecular weight is 343 g/mol. The van der Waals surface area contributed by atoms with Crippen LogP contribution >= 0.6 is 39.0 Å². The van der Waals surface area contributed by atoms with Gasteiger partial charge in [0, 0.05) is 20.0 Å². The van der Waals surface area contributed by atoms with Gasteiger partial charge in [0.15, 0.2) is 0 Å². The predicted octanol–water partition coefficient (Wildman–Crippen LogP) is 4.12. The van der Waals surface area contributed by atoms with Gasteiger partial charge in [-0.15, -0.1) is 23.1 Å². The van der Waals surface area contributed by atoms with Crippen LogP contribution in [0.3, 0.4) is 0 Å². The van der Waals surface area contributed by atoms with Crippen LogP contribution in [0.15, 0.2) is 45.1 Å². The monoisotopic (exact) mass is 342 g/mol. The van der Waals surface area contributed by atoms with Crippen LogP contribution < -0.4 is 11.3 Å². The van der Waals surface area contributed by atoms with Gasteiger partial charge in [0.2, 0.25) is 0 Å². The van der Waals surface area contributed by atoms with Crippen molar-refractivity contribution in [3.05, 3.63) is 50.6 Å². The number of benzene rings is 1. The summed E-state index contributed by atoms with van der Waals surface area (Å²) in [6.45, 7) is 2.11. The lowest BCUT2D eigenvalue weighted by Crippen LogP contribution is -2.29. The lowest BCUT2D eigenvalue weighted by molar-refractivity contribution is 0.612. The minimum Gasteiger partial charge on any atom is -0.271 e. The van der Waals surface area contributed by atoms with Gasteiger partial charge in [0.05, 0.1) is 6.04 Å². The van der Waals surface area contributed by atoms with Crippen LogP contribution in [0.1, 0.15) is 16.5 Å². The zero-order valence-corrected chi connectivity index (χ0v) is 13.2. The minimum absolute atomic E-state index is 0.187. The maximum Gasteiger partial charge on any atom is 0.0562 e. The summed E-state index contributed by atoms with van der Waals surface area (Å²) in [5.74, 6) is 6.56. The lowest BCUT2D eigenvalue weighted by Gasteiger charge is -2.14. The second kappa shape index (κ2) is 6.73. The average Bonchev–Trinajstić information content (AvgIpc) is 2.79. The van der Waals surface area contributed by atoms with Gasteiger partial charge < -0.3 is 0 Å². The standard InChI is InChI=1S/C13H15BrN2S2/c1-9-6-10(7-17-9)12(16-15)8-18-13-5-3-2-4-11(13)14/h2-7,12,16H,8,15H2,1H3. The Kier molecular flexibility index (Phi) is 5.26. The van der Waals surface area contributed by atoms with Crippen LogP contribution in [0.2, 0.25) is 0 Å². The summed E-state index contributed by atoms with van der Waals surface area (Å²) in [5.41, 5.74) is 4.16. The number of nitrogens with one attached hydrogen (secondary N) is 1. The molecule has 0 radical (unpaired) electrons. The van der Waals surface area contributed by atoms with Crippen molar-refractivity contribution in [3.63, 3.8) is 0 Å². The van der Waals surface area contributed by atoms with Crippen LogP contribution in [-0.4, -0.2) is 5.75 Å². The van der Waals surface area contributed by atoms with Crippen LogP contribution in [-0.2, 0) is 0 Å². The molecule has 1 atom stereocenters. The number of hydrazine groups is 1. The summed E-state index contributed by atoms with van der Waals surface area (Å²) in [5, 5.41) is 2.17. The Bertz CT molecular complexity index is 513. The fraction of sp³-hybridized carbons (Fsp3) is 0.231. The number of thiophene rings is 1. The van der Waals surface area contributed by atoms with E-state index in [-0.39, 0.29) is 6.04 Å². The van der Waals surface area contributed by atoms with E-state index in [0.717, 1.165) is 10.2 Å². The van der Waals surface area contributed by atoms with Gasteiger partial charge >= 0.3 is 0 Å². The number of aryl methyl sites for hydroxylation is 1. The largest absolute Gasteiger partial charge is 0.271 e. The molecule has 96 valence electrons. The Morgan fingerprint density at radius 1 is 1.44 bits per heavy atom. The molecule has 1 aromatic heterocycles. The highest BCUT2D eigenvalue weighted by atomic mass is 79.9. The van der Waals surface area contributed by atoms with Gasteiger partial charge in [-0.05, 0) is 52.0 Å². The molecule has 3 N–H and O–H groups in total. The van der Waals surface area contributed by atoms with Gasteiger partial charge in [-0.25, -0.2) is 0 Å². The van der Waals surface area contributed by atoms with Crippen molar-refractivity contribution in [2.75, 3.05) is 5.75 Å². The van der Waals surface area contributed by atoms with Gasteiger partial charge in [0.25, 0.3) is 0 Å². The number of halogens is 1. The minimum atomic E-state index is 0.187. The second-order valence-corrected chi connectivity index (χ2v) is 6.98. The summed E-state index contributed by atoms with van der Waals surface area (Å²) in [6.07, 6.45) is 0. The first kappa shape index (κ1) is 14.1. The fourth-order valence-electron chi connectivity index (χ4n) is 1.62. The molecule has 0 aliphatic rings. The van der Waals surface area contributed by atoms with Crippen LogP contribution in [0.25, 0.3) is 0 Å². The van der Waals surface area contributed by atoms with E-state index in [0.29, 0.717) is 0 Å². The van der Waals surface area contributed by atoms with Crippen LogP contribution in [0, 0.1) is 6.92 Å². The van der Waals surface area contributed by atoms with E-state index in [4.69, 9.17) is 5.84 Å². The molecule has 0 aliphatic heterocycles. The van der Waals surface area contributed by atoms with Crippen LogP contribution in [0.5, 0.6) is 0 Å². The van der Waals surface area contributed by atoms with Gasteiger partial charge in [-0.3, -0.25) is 11.3 Å². The first-order chi connectivity index (χ1) is 8.70. The third kappa shape index (κ3) is 3.59. The third-order valence-corrected chi connectivity index (χ3v) is 5.60. The highest BCUT2D eigenvalue weighted by Gasteiger charge is 2.12. The Hall–Kier alpha value is -0.330. The molecule has 1 unspecified atom stereocenters. The molecule has 18 heavy (non-hydrogen) atoms. The summed E-state index contributed by atoms with van der Waals surface area (Å²) >= 11 is 7.12. The number of rotatable bonds is 5. The Balaban J connectivity index is 2.02. The SMILES string of the molecule is Cc1cc(C(CSc2ccccc2Br)NN)cs1. The summed E-state index contributed by atoms with van der Waals surface area (Å²) < 4.78 is 1.13. The Morgan fingerprint density at radius 3 is 2.83 bits per heavy atom. The van der Waals surface area contributed by atoms with E-state index >= 15 is 0 Å². The maximum absolute atomic E-state index is 5.65. The van der Waals surface area contributed by atoms with E-state index in [2.05, 4.69) is 51.9 Å². The molecule has 0 spiro atoms. The molecule has 2 nitrogen and oxygen atoms in total. The van der Waals surface area contributed by atoms with Crippen molar-refractivity contribution >= 4 is 39.0 Å². The number of hydrogen-bond acceptors (Lipinski definition) is 4. The molecule has 0 bridgehead atoms. The Morgan fingerprint density at radius 2 is 2.22 bits per heavy atom. The number of thioether (sulfide) groups is 1. The van der Waals surface area contributed by atoms with Crippen molar-refractivity contribution in [2.45, 2.75) is 17.9 Å². The van der Waals surface area contributed by atoms with Crippen molar-refractivity contribution in [2.24, 2.45) is 5.84 Å². The van der Waals surface area contributed by atoms with Crippen molar-refractivity contribution in [3.8, 4) is 0 Å². The molecule has 2 rings (SSSR count). The van der Waals surface area contributed by atoms with Gasteiger partial charge in [0.1, 0.15) is 0 Å². The molecule has 2 aromatic rings. The zero-order valence-electron chi connectivity index (χ0n) is 10.0. The lowest BCUT2D eigenvalue weighted by atomic mass is 10.2. The normalized spacial score (nSPS) is 12.6. The van der Waals surface area contributed by atoms with Crippen molar-refractivity contribution < 1.29 is 0 Å². The van der Waals surface area contributed by atoms with Crippen LogP contribution in [0.4, 0.5) is 0 Å². The smallest absolute Gasteiger partial charge is 0.0562 e. The predicted molar refractivity (Wildman–Crippen MR) is 84.0 cm³/mol. The van der Waals surface area contributed by atoms with Crippen molar-refractivity contribution in [1.29, 1.82) is 0 Å². The Labute approximate surface area is 124 Å². The molecule has 0 amide bonds. The summed E-state index contributed by atoms with van der Waals surface area (Å²) in [4.78, 5) is 2.56. The van der Waals surface area contributed by atoms with E-state index in [9.17, 15) is 0 Å². The highest BCUT2D eigenvalue weighted by Crippen LogP contribution is 2.31. The number of hydrogen-bond donors (Lipinski definition) is 2. The quantitative estimate of drug-likeness (QED) is 0.487. The molecule has 1 aromatic carbocycles.